The summed E-state index contributed by atoms with van der Waals surface area (Å²) in [5.41, 5.74) is 0.551. The minimum atomic E-state index is -3.40. The average Bonchev–Trinajstić information content (AvgIpc) is 2.53. The number of benzene rings is 1. The number of hydrogen-bond acceptors (Lipinski definition) is 3. The SMILES string of the molecule is O=S1(=O)C(O)=C1c1ccccc1. The molecule has 1 aliphatic rings. The summed E-state index contributed by atoms with van der Waals surface area (Å²) in [6, 6.07) is 8.54. The van der Waals surface area contributed by atoms with Gasteiger partial charge in [-0.15, -0.1) is 0 Å². The highest BCUT2D eigenvalue weighted by Gasteiger charge is 2.44. The second kappa shape index (κ2) is 2.10. The van der Waals surface area contributed by atoms with Gasteiger partial charge in [-0.05, 0) is 5.56 Å². The van der Waals surface area contributed by atoms with Gasteiger partial charge in [0.05, 0.1) is 0 Å². The molecule has 2 rings (SSSR count). The fourth-order valence-electron chi connectivity index (χ4n) is 1.05. The Morgan fingerprint density at radius 3 is 2.00 bits per heavy atom. The van der Waals surface area contributed by atoms with E-state index in [0.717, 1.165) is 0 Å². The van der Waals surface area contributed by atoms with Crippen LogP contribution < -0.4 is 0 Å². The zero-order chi connectivity index (χ0) is 8.77. The predicted octanol–water partition coefficient (Wildman–Crippen LogP) is 1.30. The lowest BCUT2D eigenvalue weighted by Gasteiger charge is -1.87. The third kappa shape index (κ3) is 0.848. The Labute approximate surface area is 69.9 Å². The Kier molecular flexibility index (Phi) is 1.29. The first-order chi connectivity index (χ1) is 5.64. The van der Waals surface area contributed by atoms with Gasteiger partial charge in [0.15, 0.2) is 0 Å². The summed E-state index contributed by atoms with van der Waals surface area (Å²) >= 11 is 0. The maximum absolute atomic E-state index is 10.9. The topological polar surface area (TPSA) is 54.4 Å². The van der Waals surface area contributed by atoms with Crippen molar-refractivity contribution >= 4 is 14.7 Å². The molecule has 0 amide bonds. The van der Waals surface area contributed by atoms with Crippen molar-refractivity contribution in [1.29, 1.82) is 0 Å². The molecule has 0 saturated heterocycles. The molecule has 1 N–H and O–H groups in total. The van der Waals surface area contributed by atoms with E-state index < -0.39 is 14.9 Å². The third-order valence-corrected chi connectivity index (χ3v) is 3.19. The molecule has 0 saturated carbocycles. The van der Waals surface area contributed by atoms with Gasteiger partial charge in [-0.1, -0.05) is 30.3 Å². The van der Waals surface area contributed by atoms with Crippen molar-refractivity contribution in [3.8, 4) is 0 Å². The van der Waals surface area contributed by atoms with Gasteiger partial charge in [0.25, 0.3) is 0 Å². The fourth-order valence-corrected chi connectivity index (χ4v) is 2.19. The van der Waals surface area contributed by atoms with Crippen LogP contribution in [0.15, 0.2) is 35.4 Å². The molecule has 0 aromatic heterocycles. The summed E-state index contributed by atoms with van der Waals surface area (Å²) in [6.45, 7) is 0. The Hall–Kier alpha value is -1.29. The van der Waals surface area contributed by atoms with Crippen LogP contribution >= 0.6 is 0 Å². The Bertz CT molecular complexity index is 442. The summed E-state index contributed by atoms with van der Waals surface area (Å²) in [6.07, 6.45) is 0. The molecule has 0 atom stereocenters. The van der Waals surface area contributed by atoms with Crippen molar-refractivity contribution in [2.75, 3.05) is 0 Å². The van der Waals surface area contributed by atoms with Crippen LogP contribution in [0.5, 0.6) is 0 Å². The lowest BCUT2D eigenvalue weighted by atomic mass is 10.2. The Morgan fingerprint density at radius 2 is 1.58 bits per heavy atom. The fraction of sp³-hybridized carbons (Fsp3) is 0. The van der Waals surface area contributed by atoms with Gasteiger partial charge in [0.2, 0.25) is 14.9 Å². The summed E-state index contributed by atoms with van der Waals surface area (Å²) in [5, 5.41) is 8.41. The number of hydrogen-bond donors (Lipinski definition) is 1. The molecule has 1 aromatic carbocycles. The molecule has 12 heavy (non-hydrogen) atoms. The number of aliphatic hydroxyl groups is 1. The van der Waals surface area contributed by atoms with Crippen molar-refractivity contribution in [1.82, 2.24) is 0 Å². The van der Waals surface area contributed by atoms with E-state index in [-0.39, 0.29) is 4.91 Å². The summed E-state index contributed by atoms with van der Waals surface area (Å²) in [7, 11) is -3.40. The molecule has 1 heterocycles. The second-order valence-electron chi connectivity index (χ2n) is 2.50. The van der Waals surface area contributed by atoms with Crippen LogP contribution in [0.2, 0.25) is 0 Å². The minimum absolute atomic E-state index is 0.0584. The van der Waals surface area contributed by atoms with Gasteiger partial charge >= 0.3 is 0 Å². The van der Waals surface area contributed by atoms with Gasteiger partial charge in [-0.3, -0.25) is 0 Å². The zero-order valence-electron chi connectivity index (χ0n) is 6.06. The van der Waals surface area contributed by atoms with E-state index in [1.807, 2.05) is 0 Å². The lowest BCUT2D eigenvalue weighted by molar-refractivity contribution is 0.457. The average molecular weight is 182 g/mol. The molecule has 0 spiro atoms. The minimum Gasteiger partial charge on any atom is -0.498 e. The van der Waals surface area contributed by atoms with Crippen molar-refractivity contribution in [2.45, 2.75) is 0 Å². The van der Waals surface area contributed by atoms with E-state index in [1.54, 1.807) is 30.3 Å². The molecule has 3 nitrogen and oxygen atoms in total. The molecule has 0 bridgehead atoms. The van der Waals surface area contributed by atoms with Gasteiger partial charge in [-0.25, -0.2) is 8.42 Å². The molecule has 0 aliphatic carbocycles. The molecular weight excluding hydrogens is 176 g/mol. The number of rotatable bonds is 1. The second-order valence-corrected chi connectivity index (χ2v) is 4.31. The van der Waals surface area contributed by atoms with Crippen molar-refractivity contribution in [3.05, 3.63) is 41.0 Å². The van der Waals surface area contributed by atoms with Crippen LogP contribution in [-0.2, 0) is 9.84 Å². The van der Waals surface area contributed by atoms with Gasteiger partial charge in [0.1, 0.15) is 4.91 Å². The first-order valence-corrected chi connectivity index (χ1v) is 4.86. The first-order valence-electron chi connectivity index (χ1n) is 3.38. The molecule has 0 fully saturated rings. The van der Waals surface area contributed by atoms with E-state index >= 15 is 0 Å². The molecule has 62 valence electrons. The standard InChI is InChI=1S/C8H6O3S/c9-8-7(12(8,10)11)6-4-2-1-3-5-6/h1-5,9H. The van der Waals surface area contributed by atoms with Crippen LogP contribution in [-0.4, -0.2) is 13.5 Å². The Balaban J connectivity index is 2.50. The maximum atomic E-state index is 10.9. The van der Waals surface area contributed by atoms with Crippen LogP contribution in [0.3, 0.4) is 0 Å². The monoisotopic (exact) mass is 182 g/mol. The largest absolute Gasteiger partial charge is 0.498 e. The van der Waals surface area contributed by atoms with E-state index in [9.17, 15) is 8.42 Å². The molecule has 0 unspecified atom stereocenters. The number of aliphatic hydroxyl groups excluding tert-OH is 1. The normalized spacial score (nSPS) is 19.3. The molecular formula is C8H6O3S. The van der Waals surface area contributed by atoms with E-state index in [4.69, 9.17) is 5.11 Å². The maximum Gasteiger partial charge on any atom is 0.245 e. The van der Waals surface area contributed by atoms with Crippen molar-refractivity contribution in [3.63, 3.8) is 0 Å². The summed E-state index contributed by atoms with van der Waals surface area (Å²) < 4.78 is 21.8. The van der Waals surface area contributed by atoms with Crippen molar-refractivity contribution < 1.29 is 13.5 Å². The van der Waals surface area contributed by atoms with Crippen LogP contribution in [0.1, 0.15) is 5.56 Å². The number of sulfone groups is 1. The molecule has 1 aromatic rings. The molecule has 0 radical (unpaired) electrons. The lowest BCUT2D eigenvalue weighted by Crippen LogP contribution is -1.79. The quantitative estimate of drug-likeness (QED) is 0.712. The smallest absolute Gasteiger partial charge is 0.245 e. The van der Waals surface area contributed by atoms with Gasteiger partial charge < -0.3 is 5.11 Å². The van der Waals surface area contributed by atoms with Crippen molar-refractivity contribution in [2.24, 2.45) is 0 Å². The third-order valence-electron chi connectivity index (χ3n) is 1.71. The molecule has 1 aliphatic heterocycles. The van der Waals surface area contributed by atoms with E-state index in [1.165, 1.54) is 0 Å². The summed E-state index contributed by atoms with van der Waals surface area (Å²) in [5.74, 6) is 0. The van der Waals surface area contributed by atoms with Crippen LogP contribution in [0.25, 0.3) is 4.91 Å². The van der Waals surface area contributed by atoms with Crippen LogP contribution in [0, 0.1) is 0 Å². The molecule has 4 heteroatoms. The highest BCUT2D eigenvalue weighted by Crippen LogP contribution is 2.42. The van der Waals surface area contributed by atoms with E-state index in [0.29, 0.717) is 5.56 Å². The summed E-state index contributed by atoms with van der Waals surface area (Å²) in [4.78, 5) is 0.0584. The zero-order valence-corrected chi connectivity index (χ0v) is 6.88. The van der Waals surface area contributed by atoms with E-state index in [2.05, 4.69) is 0 Å². The van der Waals surface area contributed by atoms with Crippen LogP contribution in [0.4, 0.5) is 0 Å². The highest BCUT2D eigenvalue weighted by molar-refractivity contribution is 8.11. The van der Waals surface area contributed by atoms with Gasteiger partial charge in [-0.2, -0.15) is 0 Å². The highest BCUT2D eigenvalue weighted by atomic mass is 32.2. The predicted molar refractivity (Wildman–Crippen MR) is 44.9 cm³/mol. The first kappa shape index (κ1) is 7.36. The van der Waals surface area contributed by atoms with Gasteiger partial charge in [0, 0.05) is 0 Å². The Morgan fingerprint density at radius 1 is 1.08 bits per heavy atom.